The van der Waals surface area contributed by atoms with E-state index < -0.39 is 5.41 Å². The summed E-state index contributed by atoms with van der Waals surface area (Å²) in [5, 5.41) is 0. The van der Waals surface area contributed by atoms with E-state index in [1.54, 1.807) is 18.3 Å². The van der Waals surface area contributed by atoms with Gasteiger partial charge in [-0.05, 0) is 57.2 Å². The molecular formula is C18H19N3O2. The smallest absolute Gasteiger partial charge is 0.316 e. The van der Waals surface area contributed by atoms with E-state index in [0.29, 0.717) is 5.75 Å². The van der Waals surface area contributed by atoms with Crippen LogP contribution in [0.3, 0.4) is 0 Å². The molecule has 3 rings (SSSR count). The first kappa shape index (κ1) is 15.2. The molecular weight excluding hydrogens is 290 g/mol. The fourth-order valence-corrected chi connectivity index (χ4v) is 2.21. The molecule has 0 unspecified atom stereocenters. The number of esters is 1. The Hall–Kier alpha value is -2.69. The van der Waals surface area contributed by atoms with Crippen LogP contribution >= 0.6 is 0 Å². The zero-order valence-electron chi connectivity index (χ0n) is 13.7. The van der Waals surface area contributed by atoms with Gasteiger partial charge in [-0.1, -0.05) is 0 Å². The summed E-state index contributed by atoms with van der Waals surface area (Å²) < 4.78 is 7.33. The molecule has 2 heterocycles. The molecule has 0 atom stereocenters. The Bertz CT molecular complexity index is 858. The number of ether oxygens (including phenoxy) is 1. The molecule has 0 N–H and O–H groups in total. The standard InChI is InChI=1S/C18H19N3O2/c1-18(2,3)17(22)23-13-9-7-12(8-10-13)15-20-14-6-5-11-19-16(14)21(15)4/h5-11H,1-4H3. The van der Waals surface area contributed by atoms with Gasteiger partial charge in [0.05, 0.1) is 5.41 Å². The van der Waals surface area contributed by atoms with Crippen molar-refractivity contribution in [3.8, 4) is 17.1 Å². The summed E-state index contributed by atoms with van der Waals surface area (Å²) in [4.78, 5) is 20.9. The van der Waals surface area contributed by atoms with Gasteiger partial charge in [-0.25, -0.2) is 9.97 Å². The van der Waals surface area contributed by atoms with Crippen LogP contribution in [-0.4, -0.2) is 20.5 Å². The van der Waals surface area contributed by atoms with Crippen LogP contribution in [0.15, 0.2) is 42.6 Å². The second-order valence-corrected chi connectivity index (χ2v) is 6.50. The second-order valence-electron chi connectivity index (χ2n) is 6.50. The zero-order chi connectivity index (χ0) is 16.6. The lowest BCUT2D eigenvalue weighted by Gasteiger charge is -2.16. The number of aryl methyl sites for hydroxylation is 1. The summed E-state index contributed by atoms with van der Waals surface area (Å²) in [7, 11) is 1.94. The molecule has 5 heteroatoms. The lowest BCUT2D eigenvalue weighted by molar-refractivity contribution is -0.142. The Morgan fingerprint density at radius 1 is 1.13 bits per heavy atom. The topological polar surface area (TPSA) is 57.0 Å². The van der Waals surface area contributed by atoms with E-state index in [1.807, 2.05) is 56.7 Å². The molecule has 3 aromatic rings. The van der Waals surface area contributed by atoms with Crippen molar-refractivity contribution in [1.82, 2.24) is 14.5 Å². The van der Waals surface area contributed by atoms with Crippen LogP contribution < -0.4 is 4.74 Å². The first-order valence-electron chi connectivity index (χ1n) is 7.46. The SMILES string of the molecule is Cn1c(-c2ccc(OC(=O)C(C)(C)C)cc2)nc2cccnc21. The lowest BCUT2D eigenvalue weighted by atomic mass is 9.97. The summed E-state index contributed by atoms with van der Waals surface area (Å²) in [6, 6.07) is 11.2. The highest BCUT2D eigenvalue weighted by molar-refractivity contribution is 5.79. The van der Waals surface area contributed by atoms with Gasteiger partial charge in [0.1, 0.15) is 17.1 Å². The van der Waals surface area contributed by atoms with Crippen molar-refractivity contribution in [1.29, 1.82) is 0 Å². The maximum absolute atomic E-state index is 11.9. The van der Waals surface area contributed by atoms with Gasteiger partial charge in [-0.3, -0.25) is 4.79 Å². The number of nitrogens with zero attached hydrogens (tertiary/aromatic N) is 3. The molecule has 0 radical (unpaired) electrons. The minimum absolute atomic E-state index is 0.253. The normalized spacial score (nSPS) is 11.7. The molecule has 0 aliphatic rings. The molecule has 0 aliphatic carbocycles. The van der Waals surface area contributed by atoms with Crippen molar-refractivity contribution in [3.05, 3.63) is 42.6 Å². The molecule has 0 amide bonds. The average Bonchev–Trinajstić information content (AvgIpc) is 2.85. The van der Waals surface area contributed by atoms with Gasteiger partial charge >= 0.3 is 5.97 Å². The highest BCUT2D eigenvalue weighted by Gasteiger charge is 2.23. The number of imidazole rings is 1. The van der Waals surface area contributed by atoms with Crippen LogP contribution in [0.1, 0.15) is 20.8 Å². The number of carbonyl (C=O) groups is 1. The predicted octanol–water partition coefficient (Wildman–Crippen LogP) is 3.59. The van der Waals surface area contributed by atoms with E-state index in [9.17, 15) is 4.79 Å². The largest absolute Gasteiger partial charge is 0.426 e. The highest BCUT2D eigenvalue weighted by atomic mass is 16.5. The van der Waals surface area contributed by atoms with Crippen molar-refractivity contribution in [2.75, 3.05) is 0 Å². The van der Waals surface area contributed by atoms with Gasteiger partial charge in [-0.2, -0.15) is 0 Å². The van der Waals surface area contributed by atoms with Crippen LogP contribution in [0, 0.1) is 5.41 Å². The summed E-state index contributed by atoms with van der Waals surface area (Å²) in [5.74, 6) is 1.11. The van der Waals surface area contributed by atoms with Gasteiger partial charge in [0, 0.05) is 18.8 Å². The zero-order valence-corrected chi connectivity index (χ0v) is 13.7. The Labute approximate surface area is 134 Å². The molecule has 5 nitrogen and oxygen atoms in total. The first-order valence-corrected chi connectivity index (χ1v) is 7.46. The third kappa shape index (κ3) is 2.95. The minimum Gasteiger partial charge on any atom is -0.426 e. The summed E-state index contributed by atoms with van der Waals surface area (Å²) in [6.07, 6.45) is 1.75. The van der Waals surface area contributed by atoms with Gasteiger partial charge in [0.15, 0.2) is 5.65 Å². The van der Waals surface area contributed by atoms with Crippen LogP contribution in [0.4, 0.5) is 0 Å². The Kier molecular flexibility index (Phi) is 3.64. The van der Waals surface area contributed by atoms with Crippen molar-refractivity contribution in [2.24, 2.45) is 12.5 Å². The quantitative estimate of drug-likeness (QED) is 0.536. The van der Waals surface area contributed by atoms with E-state index in [-0.39, 0.29) is 5.97 Å². The van der Waals surface area contributed by atoms with Crippen LogP contribution in [-0.2, 0) is 11.8 Å². The lowest BCUT2D eigenvalue weighted by Crippen LogP contribution is -2.25. The number of pyridine rings is 1. The Morgan fingerprint density at radius 3 is 2.43 bits per heavy atom. The Balaban J connectivity index is 1.90. The third-order valence-electron chi connectivity index (χ3n) is 3.56. The predicted molar refractivity (Wildman–Crippen MR) is 89.0 cm³/mol. The number of rotatable bonds is 2. The van der Waals surface area contributed by atoms with Crippen LogP contribution in [0.25, 0.3) is 22.6 Å². The van der Waals surface area contributed by atoms with Crippen molar-refractivity contribution < 1.29 is 9.53 Å². The Morgan fingerprint density at radius 2 is 1.83 bits per heavy atom. The number of fused-ring (bicyclic) bond motifs is 1. The monoisotopic (exact) mass is 309 g/mol. The fraction of sp³-hybridized carbons (Fsp3) is 0.278. The molecule has 0 bridgehead atoms. The number of aromatic nitrogens is 3. The van der Waals surface area contributed by atoms with E-state index in [1.165, 1.54) is 0 Å². The van der Waals surface area contributed by atoms with Crippen molar-refractivity contribution in [2.45, 2.75) is 20.8 Å². The van der Waals surface area contributed by atoms with Crippen molar-refractivity contribution in [3.63, 3.8) is 0 Å². The molecule has 2 aromatic heterocycles. The van der Waals surface area contributed by atoms with Gasteiger partial charge in [0.2, 0.25) is 0 Å². The molecule has 23 heavy (non-hydrogen) atoms. The van der Waals surface area contributed by atoms with Gasteiger partial charge in [-0.15, -0.1) is 0 Å². The van der Waals surface area contributed by atoms with E-state index in [4.69, 9.17) is 4.74 Å². The number of benzene rings is 1. The summed E-state index contributed by atoms with van der Waals surface area (Å²) in [6.45, 7) is 5.49. The highest BCUT2D eigenvalue weighted by Crippen LogP contribution is 2.25. The van der Waals surface area contributed by atoms with Gasteiger partial charge in [0.25, 0.3) is 0 Å². The van der Waals surface area contributed by atoms with E-state index >= 15 is 0 Å². The maximum atomic E-state index is 11.9. The second kappa shape index (κ2) is 5.50. The number of carbonyl (C=O) groups excluding carboxylic acids is 1. The molecule has 0 saturated heterocycles. The van der Waals surface area contributed by atoms with E-state index in [2.05, 4.69) is 9.97 Å². The number of hydrogen-bond acceptors (Lipinski definition) is 4. The molecule has 118 valence electrons. The molecule has 0 aliphatic heterocycles. The molecule has 0 saturated carbocycles. The average molecular weight is 309 g/mol. The van der Waals surface area contributed by atoms with E-state index in [0.717, 1.165) is 22.6 Å². The number of hydrogen-bond donors (Lipinski definition) is 0. The molecule has 0 fully saturated rings. The third-order valence-corrected chi connectivity index (χ3v) is 3.56. The maximum Gasteiger partial charge on any atom is 0.316 e. The summed E-state index contributed by atoms with van der Waals surface area (Å²) >= 11 is 0. The summed E-state index contributed by atoms with van der Waals surface area (Å²) in [5.41, 5.74) is 2.11. The fourth-order valence-electron chi connectivity index (χ4n) is 2.21. The molecule has 0 spiro atoms. The van der Waals surface area contributed by atoms with Crippen LogP contribution in [0.5, 0.6) is 5.75 Å². The van der Waals surface area contributed by atoms with Crippen LogP contribution in [0.2, 0.25) is 0 Å². The van der Waals surface area contributed by atoms with Crippen molar-refractivity contribution >= 4 is 17.1 Å². The molecule has 1 aromatic carbocycles. The first-order chi connectivity index (χ1) is 10.9. The minimum atomic E-state index is -0.526. The van der Waals surface area contributed by atoms with Gasteiger partial charge < -0.3 is 9.30 Å².